The van der Waals surface area contributed by atoms with Crippen molar-refractivity contribution < 1.29 is 0 Å². The predicted molar refractivity (Wildman–Crippen MR) is 70.3 cm³/mol. The second-order valence-electron chi connectivity index (χ2n) is 4.86. The summed E-state index contributed by atoms with van der Waals surface area (Å²) in [6, 6.07) is 4.82. The predicted octanol–water partition coefficient (Wildman–Crippen LogP) is 3.64. The maximum atomic E-state index is 6.12. The molecule has 1 atom stereocenters. The van der Waals surface area contributed by atoms with Gasteiger partial charge in [-0.1, -0.05) is 18.0 Å². The van der Waals surface area contributed by atoms with Crippen LogP contribution < -0.4 is 5.32 Å². The van der Waals surface area contributed by atoms with Crippen LogP contribution in [0.25, 0.3) is 0 Å². The second-order valence-corrected chi connectivity index (χ2v) is 5.29. The Bertz CT molecular complexity index is 367. The molecule has 1 aromatic rings. The van der Waals surface area contributed by atoms with E-state index in [0.29, 0.717) is 6.04 Å². The van der Waals surface area contributed by atoms with Gasteiger partial charge < -0.3 is 5.32 Å². The fourth-order valence-corrected chi connectivity index (χ4v) is 2.76. The van der Waals surface area contributed by atoms with Gasteiger partial charge in [0.1, 0.15) is 0 Å². The zero-order valence-electron chi connectivity index (χ0n) is 10.1. The lowest BCUT2D eigenvalue weighted by Gasteiger charge is -2.24. The third-order valence-electron chi connectivity index (χ3n) is 3.62. The van der Waals surface area contributed by atoms with Gasteiger partial charge in [0, 0.05) is 11.1 Å². The lowest BCUT2D eigenvalue weighted by Crippen LogP contribution is -2.35. The van der Waals surface area contributed by atoms with E-state index < -0.39 is 0 Å². The second kappa shape index (κ2) is 5.20. The molecule has 88 valence electrons. The third-order valence-corrected chi connectivity index (χ3v) is 3.84. The third kappa shape index (κ3) is 2.78. The molecule has 0 bridgehead atoms. The van der Waals surface area contributed by atoms with Crippen molar-refractivity contribution in [2.75, 3.05) is 6.54 Å². The van der Waals surface area contributed by atoms with Crippen LogP contribution >= 0.6 is 11.6 Å². The maximum Gasteiger partial charge on any atom is 0.0411 e. The number of piperidine rings is 1. The first kappa shape index (κ1) is 11.9. The van der Waals surface area contributed by atoms with E-state index in [1.807, 2.05) is 0 Å². The Morgan fingerprint density at radius 2 is 2.12 bits per heavy atom. The average Bonchev–Trinajstić information content (AvgIpc) is 2.27. The highest BCUT2D eigenvalue weighted by molar-refractivity contribution is 6.30. The molecule has 2 rings (SSSR count). The summed E-state index contributed by atoms with van der Waals surface area (Å²) < 4.78 is 0. The Morgan fingerprint density at radius 1 is 1.31 bits per heavy atom. The molecule has 2 heteroatoms. The van der Waals surface area contributed by atoms with Crippen LogP contribution in [0, 0.1) is 13.8 Å². The largest absolute Gasteiger partial charge is 0.314 e. The Balaban J connectivity index is 2.13. The van der Waals surface area contributed by atoms with E-state index in [-0.39, 0.29) is 0 Å². The maximum absolute atomic E-state index is 6.12. The van der Waals surface area contributed by atoms with Crippen LogP contribution in [-0.4, -0.2) is 12.6 Å². The highest BCUT2D eigenvalue weighted by Crippen LogP contribution is 2.22. The van der Waals surface area contributed by atoms with Gasteiger partial charge in [-0.3, -0.25) is 0 Å². The first-order chi connectivity index (χ1) is 7.66. The summed E-state index contributed by atoms with van der Waals surface area (Å²) in [6.07, 6.45) is 5.10. The minimum Gasteiger partial charge on any atom is -0.314 e. The SMILES string of the molecule is Cc1cc(Cl)cc(CC2CCCCN2)c1C. The first-order valence-corrected chi connectivity index (χ1v) is 6.53. The minimum atomic E-state index is 0.644. The zero-order valence-corrected chi connectivity index (χ0v) is 10.9. The normalized spacial score (nSPS) is 21.1. The Hall–Kier alpha value is -0.530. The summed E-state index contributed by atoms with van der Waals surface area (Å²) in [4.78, 5) is 0. The number of nitrogens with one attached hydrogen (secondary N) is 1. The Morgan fingerprint density at radius 3 is 2.81 bits per heavy atom. The monoisotopic (exact) mass is 237 g/mol. The number of aryl methyl sites for hydroxylation is 1. The van der Waals surface area contributed by atoms with E-state index in [0.717, 1.165) is 11.4 Å². The van der Waals surface area contributed by atoms with Gasteiger partial charge in [0.2, 0.25) is 0 Å². The number of hydrogen-bond donors (Lipinski definition) is 1. The average molecular weight is 238 g/mol. The molecule has 16 heavy (non-hydrogen) atoms. The molecule has 1 saturated heterocycles. The van der Waals surface area contributed by atoms with Gasteiger partial charge >= 0.3 is 0 Å². The summed E-state index contributed by atoms with van der Waals surface area (Å²) in [5.74, 6) is 0. The van der Waals surface area contributed by atoms with Crippen LogP contribution in [0.3, 0.4) is 0 Å². The summed E-state index contributed by atoms with van der Waals surface area (Å²) in [5, 5.41) is 4.46. The van der Waals surface area contributed by atoms with Gasteiger partial charge in [-0.2, -0.15) is 0 Å². The summed E-state index contributed by atoms with van der Waals surface area (Å²) >= 11 is 6.12. The standard InChI is InChI=1S/C14H20ClN/c1-10-7-13(15)8-12(11(10)2)9-14-5-3-4-6-16-14/h7-8,14,16H,3-6,9H2,1-2H3. The highest BCUT2D eigenvalue weighted by Gasteiger charge is 2.14. The van der Waals surface area contributed by atoms with E-state index in [1.165, 1.54) is 42.5 Å². The molecule has 0 saturated carbocycles. The van der Waals surface area contributed by atoms with E-state index in [9.17, 15) is 0 Å². The number of rotatable bonds is 2. The molecule has 0 spiro atoms. The van der Waals surface area contributed by atoms with Crippen molar-refractivity contribution in [2.45, 2.75) is 45.6 Å². The molecule has 1 N–H and O–H groups in total. The van der Waals surface area contributed by atoms with Crippen molar-refractivity contribution in [1.29, 1.82) is 0 Å². The highest BCUT2D eigenvalue weighted by atomic mass is 35.5. The van der Waals surface area contributed by atoms with Crippen molar-refractivity contribution in [3.63, 3.8) is 0 Å². The first-order valence-electron chi connectivity index (χ1n) is 6.16. The molecule has 1 heterocycles. The molecular formula is C14H20ClN. The van der Waals surface area contributed by atoms with Crippen LogP contribution in [0.2, 0.25) is 5.02 Å². The van der Waals surface area contributed by atoms with Crippen molar-refractivity contribution in [3.8, 4) is 0 Å². The van der Waals surface area contributed by atoms with Gasteiger partial charge in [0.15, 0.2) is 0 Å². The van der Waals surface area contributed by atoms with E-state index >= 15 is 0 Å². The van der Waals surface area contributed by atoms with Crippen LogP contribution in [0.15, 0.2) is 12.1 Å². The molecular weight excluding hydrogens is 218 g/mol. The van der Waals surface area contributed by atoms with Gasteiger partial charge in [-0.15, -0.1) is 0 Å². The summed E-state index contributed by atoms with van der Waals surface area (Å²) in [6.45, 7) is 5.51. The van der Waals surface area contributed by atoms with Gasteiger partial charge in [-0.25, -0.2) is 0 Å². The molecule has 0 amide bonds. The molecule has 1 unspecified atom stereocenters. The van der Waals surface area contributed by atoms with Crippen molar-refractivity contribution in [3.05, 3.63) is 33.8 Å². The summed E-state index contributed by atoms with van der Waals surface area (Å²) in [5.41, 5.74) is 4.11. The Kier molecular flexibility index (Phi) is 3.88. The van der Waals surface area contributed by atoms with Crippen LogP contribution in [-0.2, 0) is 6.42 Å². The van der Waals surface area contributed by atoms with Gasteiger partial charge in [-0.05, 0) is 68.5 Å². The smallest absolute Gasteiger partial charge is 0.0411 e. The van der Waals surface area contributed by atoms with Crippen LogP contribution in [0.5, 0.6) is 0 Å². The molecule has 1 aliphatic rings. The summed E-state index contributed by atoms with van der Waals surface area (Å²) in [7, 11) is 0. The fourth-order valence-electron chi connectivity index (χ4n) is 2.46. The molecule has 1 fully saturated rings. The molecule has 0 radical (unpaired) electrons. The molecule has 1 aliphatic heterocycles. The topological polar surface area (TPSA) is 12.0 Å². The van der Waals surface area contributed by atoms with Crippen molar-refractivity contribution in [2.24, 2.45) is 0 Å². The number of halogens is 1. The molecule has 0 aliphatic carbocycles. The molecule has 1 nitrogen and oxygen atoms in total. The molecule has 0 aromatic heterocycles. The minimum absolute atomic E-state index is 0.644. The quantitative estimate of drug-likeness (QED) is 0.828. The van der Waals surface area contributed by atoms with Crippen LogP contribution in [0.4, 0.5) is 0 Å². The zero-order chi connectivity index (χ0) is 11.5. The van der Waals surface area contributed by atoms with E-state index in [4.69, 9.17) is 11.6 Å². The lowest BCUT2D eigenvalue weighted by atomic mass is 9.93. The number of benzene rings is 1. The van der Waals surface area contributed by atoms with Gasteiger partial charge in [0.05, 0.1) is 0 Å². The van der Waals surface area contributed by atoms with Crippen LogP contribution in [0.1, 0.15) is 36.0 Å². The fraction of sp³-hybridized carbons (Fsp3) is 0.571. The number of hydrogen-bond acceptors (Lipinski definition) is 1. The molecule has 1 aromatic carbocycles. The van der Waals surface area contributed by atoms with Crippen molar-refractivity contribution >= 4 is 11.6 Å². The van der Waals surface area contributed by atoms with Crippen molar-refractivity contribution in [1.82, 2.24) is 5.32 Å². The van der Waals surface area contributed by atoms with E-state index in [2.05, 4.69) is 31.3 Å². The Labute approximate surface area is 103 Å². The lowest BCUT2D eigenvalue weighted by molar-refractivity contribution is 0.399. The van der Waals surface area contributed by atoms with E-state index in [1.54, 1.807) is 0 Å². The van der Waals surface area contributed by atoms with Gasteiger partial charge in [0.25, 0.3) is 0 Å².